The number of hydrogen-bond acceptors (Lipinski definition) is 4. The predicted molar refractivity (Wildman–Crippen MR) is 116 cm³/mol. The number of nitrogens with one attached hydrogen (secondary N) is 1. The number of carbonyl (C=O) groups is 2. The van der Waals surface area contributed by atoms with E-state index in [-0.39, 0.29) is 24.3 Å². The number of amides is 1. The van der Waals surface area contributed by atoms with Gasteiger partial charge in [-0.2, -0.15) is 4.31 Å². The number of carboxylic acids is 1. The van der Waals surface area contributed by atoms with Gasteiger partial charge in [0.25, 0.3) is 0 Å². The summed E-state index contributed by atoms with van der Waals surface area (Å²) in [6.07, 6.45) is 0.777. The molecule has 2 atom stereocenters. The van der Waals surface area contributed by atoms with Crippen LogP contribution in [0.25, 0.3) is 0 Å². The fourth-order valence-electron chi connectivity index (χ4n) is 3.38. The molecule has 1 aliphatic rings. The van der Waals surface area contributed by atoms with E-state index in [2.05, 4.69) is 27.9 Å². The zero-order valence-corrected chi connectivity index (χ0v) is 18.8. The fourth-order valence-corrected chi connectivity index (χ4v) is 5.42. The second kappa shape index (κ2) is 9.40. The highest BCUT2D eigenvalue weighted by Crippen LogP contribution is 2.26. The number of halogens is 2. The zero-order chi connectivity index (χ0) is 21.9. The summed E-state index contributed by atoms with van der Waals surface area (Å²) in [5.74, 6) is -2.58. The smallest absolute Gasteiger partial charge is 0.326 e. The molecule has 0 radical (unpaired) electrons. The Hall–Kier alpha value is -2.05. The zero-order valence-electron chi connectivity index (χ0n) is 15.8. The quantitative estimate of drug-likeness (QED) is 0.520. The maximum Gasteiger partial charge on any atom is 0.326 e. The van der Waals surface area contributed by atoms with Crippen LogP contribution in [0.2, 0.25) is 0 Å². The Morgan fingerprint density at radius 2 is 1.93 bits per heavy atom. The normalized spacial score (nSPS) is 18.1. The first-order chi connectivity index (χ1) is 14.2. The van der Waals surface area contributed by atoms with E-state index in [1.165, 1.54) is 12.1 Å². The first-order valence-electron chi connectivity index (χ1n) is 9.23. The maximum atomic E-state index is 13.5. The monoisotopic (exact) mass is 546 g/mol. The molecule has 0 saturated carbocycles. The lowest BCUT2D eigenvalue weighted by molar-refractivity contribution is -0.142. The lowest BCUT2D eigenvalue weighted by atomic mass is 10.1. The highest BCUT2D eigenvalue weighted by Gasteiger charge is 2.40. The third-order valence-electron chi connectivity index (χ3n) is 4.88. The summed E-state index contributed by atoms with van der Waals surface area (Å²) < 4.78 is 41.3. The van der Waals surface area contributed by atoms with Crippen LogP contribution in [0.5, 0.6) is 0 Å². The lowest BCUT2D eigenvalue weighted by Gasteiger charge is -2.25. The standard InChI is InChI=1S/C20H20FIN2O5S/c21-14-3-1-4-16(12-14)30(28,29)24-10-2-5-18(24)19(25)23-17(20(26)27)11-13-6-8-15(22)9-7-13/h1,3-4,6-9,12,17-18H,2,5,10-11H2,(H,23,25)(H,26,27)/t17-,18-/m0/s1. The summed E-state index contributed by atoms with van der Waals surface area (Å²) in [5, 5.41) is 12.0. The van der Waals surface area contributed by atoms with E-state index < -0.39 is 39.8 Å². The first kappa shape index (κ1) is 22.6. The van der Waals surface area contributed by atoms with E-state index in [4.69, 9.17) is 0 Å². The van der Waals surface area contributed by atoms with Crippen molar-refractivity contribution in [3.8, 4) is 0 Å². The first-order valence-corrected chi connectivity index (χ1v) is 11.8. The van der Waals surface area contributed by atoms with Crippen molar-refractivity contribution in [2.45, 2.75) is 36.2 Å². The number of carbonyl (C=O) groups excluding carboxylic acids is 1. The van der Waals surface area contributed by atoms with Crippen LogP contribution in [0.4, 0.5) is 4.39 Å². The molecule has 160 valence electrons. The van der Waals surface area contributed by atoms with Crippen molar-refractivity contribution in [2.24, 2.45) is 0 Å². The highest BCUT2D eigenvalue weighted by molar-refractivity contribution is 14.1. The van der Waals surface area contributed by atoms with Crippen molar-refractivity contribution in [1.29, 1.82) is 0 Å². The van der Waals surface area contributed by atoms with Gasteiger partial charge >= 0.3 is 5.97 Å². The van der Waals surface area contributed by atoms with Gasteiger partial charge in [0.1, 0.15) is 17.9 Å². The Morgan fingerprint density at radius 1 is 1.23 bits per heavy atom. The molecule has 0 bridgehead atoms. The summed E-state index contributed by atoms with van der Waals surface area (Å²) in [7, 11) is -4.09. The van der Waals surface area contributed by atoms with Crippen LogP contribution in [0.3, 0.4) is 0 Å². The number of rotatable bonds is 7. The molecule has 0 spiro atoms. The highest BCUT2D eigenvalue weighted by atomic mass is 127. The molecule has 10 heteroatoms. The largest absolute Gasteiger partial charge is 0.480 e. The maximum absolute atomic E-state index is 13.5. The fraction of sp³-hybridized carbons (Fsp3) is 0.300. The molecular formula is C20H20FIN2O5S. The number of aliphatic carboxylic acids is 1. The predicted octanol–water partition coefficient (Wildman–Crippen LogP) is 2.40. The van der Waals surface area contributed by atoms with Crippen molar-refractivity contribution in [3.05, 3.63) is 63.5 Å². The Kier molecular flexibility index (Phi) is 7.09. The van der Waals surface area contributed by atoms with Crippen LogP contribution in [0.15, 0.2) is 53.4 Å². The molecule has 2 N–H and O–H groups in total. The van der Waals surface area contributed by atoms with Gasteiger partial charge in [0.05, 0.1) is 4.90 Å². The second-order valence-electron chi connectivity index (χ2n) is 6.96. The average molecular weight is 546 g/mol. The summed E-state index contributed by atoms with van der Waals surface area (Å²) in [6.45, 7) is 0.103. The van der Waals surface area contributed by atoms with Gasteiger partial charge in [0.15, 0.2) is 0 Å². The molecule has 0 aliphatic carbocycles. The number of nitrogens with zero attached hydrogens (tertiary/aromatic N) is 1. The van der Waals surface area contributed by atoms with E-state index in [9.17, 15) is 27.5 Å². The molecule has 1 aliphatic heterocycles. The molecular weight excluding hydrogens is 526 g/mol. The topological polar surface area (TPSA) is 104 Å². The number of sulfonamides is 1. The molecule has 0 aromatic heterocycles. The van der Waals surface area contributed by atoms with Gasteiger partial charge in [-0.05, 0) is 71.3 Å². The van der Waals surface area contributed by atoms with Gasteiger partial charge < -0.3 is 10.4 Å². The molecule has 30 heavy (non-hydrogen) atoms. The van der Waals surface area contributed by atoms with Gasteiger partial charge in [-0.15, -0.1) is 0 Å². The number of benzene rings is 2. The number of carboxylic acid groups (broad SMARTS) is 1. The van der Waals surface area contributed by atoms with Crippen molar-refractivity contribution in [2.75, 3.05) is 6.54 Å². The summed E-state index contributed by atoms with van der Waals surface area (Å²) in [5.41, 5.74) is 0.735. The Balaban J connectivity index is 1.77. The van der Waals surface area contributed by atoms with Crippen molar-refractivity contribution in [3.63, 3.8) is 0 Å². The molecule has 0 unspecified atom stereocenters. The van der Waals surface area contributed by atoms with Crippen molar-refractivity contribution >= 4 is 44.5 Å². The van der Waals surface area contributed by atoms with Crippen LogP contribution >= 0.6 is 22.6 Å². The van der Waals surface area contributed by atoms with Crippen LogP contribution in [-0.4, -0.2) is 48.3 Å². The Labute approximate surface area is 187 Å². The van der Waals surface area contributed by atoms with Crippen LogP contribution in [0.1, 0.15) is 18.4 Å². The van der Waals surface area contributed by atoms with E-state index in [1.807, 2.05) is 12.1 Å². The van der Waals surface area contributed by atoms with Crippen molar-refractivity contribution in [1.82, 2.24) is 9.62 Å². The van der Waals surface area contributed by atoms with E-state index >= 15 is 0 Å². The van der Waals surface area contributed by atoms with Crippen LogP contribution < -0.4 is 5.32 Å². The van der Waals surface area contributed by atoms with E-state index in [0.29, 0.717) is 6.42 Å². The van der Waals surface area contributed by atoms with E-state index in [0.717, 1.165) is 25.6 Å². The summed E-state index contributed by atoms with van der Waals surface area (Å²) in [4.78, 5) is 24.2. The summed E-state index contributed by atoms with van der Waals surface area (Å²) >= 11 is 2.13. The minimum atomic E-state index is -4.09. The lowest BCUT2D eigenvalue weighted by Crippen LogP contribution is -2.51. The SMILES string of the molecule is O=C(O)[C@H](Cc1ccc(I)cc1)NC(=O)[C@@H]1CCCN1S(=O)(=O)c1cccc(F)c1. The third kappa shape index (κ3) is 5.16. The second-order valence-corrected chi connectivity index (χ2v) is 10.1. The molecule has 2 aromatic carbocycles. The average Bonchev–Trinajstić information content (AvgIpc) is 3.20. The van der Waals surface area contributed by atoms with Gasteiger partial charge in [0.2, 0.25) is 15.9 Å². The third-order valence-corrected chi connectivity index (χ3v) is 7.50. The number of hydrogen-bond donors (Lipinski definition) is 2. The molecule has 1 fully saturated rings. The minimum absolute atomic E-state index is 0.0708. The molecule has 1 saturated heterocycles. The molecule has 3 rings (SSSR count). The summed E-state index contributed by atoms with van der Waals surface area (Å²) in [6, 6.07) is 9.57. The van der Waals surface area contributed by atoms with Gasteiger partial charge in [-0.3, -0.25) is 4.79 Å². The van der Waals surface area contributed by atoms with Gasteiger partial charge in [-0.25, -0.2) is 17.6 Å². The molecule has 1 amide bonds. The van der Waals surface area contributed by atoms with E-state index in [1.54, 1.807) is 12.1 Å². The molecule has 7 nitrogen and oxygen atoms in total. The molecule has 1 heterocycles. The Morgan fingerprint density at radius 3 is 2.57 bits per heavy atom. The molecule has 2 aromatic rings. The van der Waals surface area contributed by atoms with Crippen LogP contribution in [-0.2, 0) is 26.0 Å². The minimum Gasteiger partial charge on any atom is -0.480 e. The van der Waals surface area contributed by atoms with Gasteiger partial charge in [-0.1, -0.05) is 18.2 Å². The van der Waals surface area contributed by atoms with Gasteiger partial charge in [0, 0.05) is 16.5 Å². The van der Waals surface area contributed by atoms with Crippen molar-refractivity contribution < 1.29 is 27.5 Å². The Bertz CT molecular complexity index is 1050. The van der Waals surface area contributed by atoms with Crippen LogP contribution in [0, 0.1) is 9.39 Å².